The van der Waals surface area contributed by atoms with E-state index >= 15 is 0 Å². The van der Waals surface area contributed by atoms with E-state index in [2.05, 4.69) is 0 Å². The predicted octanol–water partition coefficient (Wildman–Crippen LogP) is 2.35. The van der Waals surface area contributed by atoms with Crippen LogP contribution in [0.1, 0.15) is 15.9 Å². The topological polar surface area (TPSA) is 68.3 Å². The van der Waals surface area contributed by atoms with Crippen LogP contribution >= 0.6 is 0 Å². The van der Waals surface area contributed by atoms with Crippen LogP contribution in [0.15, 0.2) is 48.5 Å². The summed E-state index contributed by atoms with van der Waals surface area (Å²) in [6, 6.07) is 15.3. The molecular formula is C22H22N2O5. The lowest BCUT2D eigenvalue weighted by Crippen LogP contribution is -2.63. The number of rotatable bonds is 3. The van der Waals surface area contributed by atoms with E-state index in [1.54, 1.807) is 23.1 Å². The van der Waals surface area contributed by atoms with Crippen LogP contribution in [0.5, 0.6) is 11.5 Å². The van der Waals surface area contributed by atoms with Gasteiger partial charge in [0.25, 0.3) is 5.91 Å². The fourth-order valence-electron chi connectivity index (χ4n) is 4.37. The van der Waals surface area contributed by atoms with E-state index < -0.39 is 5.54 Å². The van der Waals surface area contributed by atoms with Crippen LogP contribution in [0.25, 0.3) is 0 Å². The van der Waals surface area contributed by atoms with E-state index in [1.165, 1.54) is 0 Å². The first-order valence-electron chi connectivity index (χ1n) is 9.82. The number of nitrogens with zero attached hydrogens (tertiary/aromatic N) is 2. The second-order valence-corrected chi connectivity index (χ2v) is 7.68. The number of piperazine rings is 1. The minimum absolute atomic E-state index is 0.0755. The first-order chi connectivity index (χ1) is 14.1. The molecule has 3 aliphatic rings. The van der Waals surface area contributed by atoms with Crippen molar-refractivity contribution in [3.8, 4) is 11.5 Å². The number of amides is 2. The number of carbonyl (C=O) groups excluding carboxylic acids is 2. The summed E-state index contributed by atoms with van der Waals surface area (Å²) in [5.74, 6) is 1.18. The Balaban J connectivity index is 1.40. The molecule has 2 fully saturated rings. The molecule has 7 heteroatoms. The van der Waals surface area contributed by atoms with Gasteiger partial charge in [-0.3, -0.25) is 9.69 Å². The summed E-state index contributed by atoms with van der Waals surface area (Å²) in [7, 11) is 0. The molecule has 3 aliphatic heterocycles. The zero-order chi connectivity index (χ0) is 19.8. The number of fused-ring (bicyclic) bond motifs is 2. The summed E-state index contributed by atoms with van der Waals surface area (Å²) in [6.07, 6.45) is 0.345. The fourth-order valence-corrected chi connectivity index (χ4v) is 4.37. The average Bonchev–Trinajstić information content (AvgIpc) is 3.09. The molecule has 3 heterocycles. The highest BCUT2D eigenvalue weighted by atomic mass is 16.6. The van der Waals surface area contributed by atoms with Gasteiger partial charge in [0.2, 0.25) is 0 Å². The lowest BCUT2D eigenvalue weighted by Gasteiger charge is -2.44. The van der Waals surface area contributed by atoms with Crippen LogP contribution in [0.2, 0.25) is 0 Å². The standard InChI is InChI=1S/C22H22N2O5/c25-20(17-6-7-18-19(12-17)28-11-10-27-18)23-8-9-24-21(26)29-15-22(24,14-23)13-16-4-2-1-3-5-16/h1-7,12H,8-11,13-15H2. The zero-order valence-electron chi connectivity index (χ0n) is 16.0. The van der Waals surface area contributed by atoms with E-state index in [1.807, 2.05) is 35.2 Å². The smallest absolute Gasteiger partial charge is 0.410 e. The maximum atomic E-state index is 13.2. The maximum absolute atomic E-state index is 13.2. The van der Waals surface area contributed by atoms with Crippen molar-refractivity contribution in [2.75, 3.05) is 39.5 Å². The zero-order valence-corrected chi connectivity index (χ0v) is 16.0. The van der Waals surface area contributed by atoms with Crippen molar-refractivity contribution in [1.82, 2.24) is 9.80 Å². The van der Waals surface area contributed by atoms with Crippen molar-refractivity contribution < 1.29 is 23.8 Å². The van der Waals surface area contributed by atoms with Crippen molar-refractivity contribution in [2.45, 2.75) is 12.0 Å². The van der Waals surface area contributed by atoms with E-state index in [9.17, 15) is 9.59 Å². The Bertz CT molecular complexity index is 947. The monoisotopic (exact) mass is 394 g/mol. The largest absolute Gasteiger partial charge is 0.486 e. The molecule has 2 amide bonds. The van der Waals surface area contributed by atoms with Gasteiger partial charge in [0.15, 0.2) is 11.5 Å². The first-order valence-corrected chi connectivity index (χ1v) is 9.82. The van der Waals surface area contributed by atoms with Gasteiger partial charge in [0.05, 0.1) is 0 Å². The molecule has 1 unspecified atom stereocenters. The van der Waals surface area contributed by atoms with Crippen LogP contribution in [-0.4, -0.2) is 66.8 Å². The highest BCUT2D eigenvalue weighted by molar-refractivity contribution is 5.95. The SMILES string of the molecule is O=C(c1ccc2c(c1)OCCO2)N1CCN2C(=O)OCC2(Cc2ccccc2)C1. The van der Waals surface area contributed by atoms with E-state index in [0.29, 0.717) is 56.3 Å². The molecule has 29 heavy (non-hydrogen) atoms. The number of carbonyl (C=O) groups is 2. The number of benzene rings is 2. The van der Waals surface area contributed by atoms with E-state index in [4.69, 9.17) is 14.2 Å². The van der Waals surface area contributed by atoms with Gasteiger partial charge in [-0.15, -0.1) is 0 Å². The quantitative estimate of drug-likeness (QED) is 0.799. The molecule has 0 spiro atoms. The van der Waals surface area contributed by atoms with Gasteiger partial charge in [-0.05, 0) is 23.8 Å². The molecule has 2 aromatic rings. The van der Waals surface area contributed by atoms with Crippen molar-refractivity contribution in [2.24, 2.45) is 0 Å². The second-order valence-electron chi connectivity index (χ2n) is 7.68. The number of hydrogen-bond acceptors (Lipinski definition) is 5. The molecule has 0 bridgehead atoms. The summed E-state index contributed by atoms with van der Waals surface area (Å²) < 4.78 is 16.6. The maximum Gasteiger partial charge on any atom is 0.410 e. The summed E-state index contributed by atoms with van der Waals surface area (Å²) >= 11 is 0. The second kappa shape index (κ2) is 6.99. The normalized spacial score (nSPS) is 22.8. The molecule has 1 atom stereocenters. The van der Waals surface area contributed by atoms with E-state index in [0.717, 1.165) is 5.56 Å². The van der Waals surface area contributed by atoms with Gasteiger partial charge in [-0.2, -0.15) is 0 Å². The van der Waals surface area contributed by atoms with Crippen molar-refractivity contribution in [1.29, 1.82) is 0 Å². The Morgan fingerprint density at radius 3 is 2.59 bits per heavy atom. The van der Waals surface area contributed by atoms with Crippen LogP contribution in [0, 0.1) is 0 Å². The van der Waals surface area contributed by atoms with Crippen LogP contribution in [0.3, 0.4) is 0 Å². The first kappa shape index (κ1) is 17.8. The number of ether oxygens (including phenoxy) is 3. The Morgan fingerprint density at radius 2 is 1.76 bits per heavy atom. The molecule has 5 rings (SSSR count). The van der Waals surface area contributed by atoms with E-state index in [-0.39, 0.29) is 18.6 Å². The lowest BCUT2D eigenvalue weighted by atomic mass is 9.88. The summed E-state index contributed by atoms with van der Waals surface area (Å²) in [5, 5.41) is 0. The van der Waals surface area contributed by atoms with Gasteiger partial charge in [0, 0.05) is 31.6 Å². The molecule has 0 N–H and O–H groups in total. The van der Waals surface area contributed by atoms with Gasteiger partial charge in [-0.25, -0.2) is 4.79 Å². The summed E-state index contributed by atoms with van der Waals surface area (Å²) in [4.78, 5) is 29.1. The van der Waals surface area contributed by atoms with Crippen LogP contribution in [-0.2, 0) is 11.2 Å². The van der Waals surface area contributed by atoms with Crippen LogP contribution < -0.4 is 9.47 Å². The predicted molar refractivity (Wildman–Crippen MR) is 104 cm³/mol. The van der Waals surface area contributed by atoms with Gasteiger partial charge in [-0.1, -0.05) is 30.3 Å². The summed E-state index contributed by atoms with van der Waals surface area (Å²) in [5.41, 5.74) is 1.13. The van der Waals surface area contributed by atoms with Crippen molar-refractivity contribution in [3.05, 3.63) is 59.7 Å². The van der Waals surface area contributed by atoms with Gasteiger partial charge >= 0.3 is 6.09 Å². The number of hydrogen-bond donors (Lipinski definition) is 0. The Labute approximate surface area is 168 Å². The van der Waals surface area contributed by atoms with Gasteiger partial charge < -0.3 is 19.1 Å². The Kier molecular flexibility index (Phi) is 4.30. The van der Waals surface area contributed by atoms with Crippen molar-refractivity contribution in [3.63, 3.8) is 0 Å². The van der Waals surface area contributed by atoms with Gasteiger partial charge in [0.1, 0.15) is 25.4 Å². The average molecular weight is 394 g/mol. The summed E-state index contributed by atoms with van der Waals surface area (Å²) in [6.45, 7) is 2.63. The minimum Gasteiger partial charge on any atom is -0.486 e. The third-order valence-electron chi connectivity index (χ3n) is 5.79. The molecule has 0 radical (unpaired) electrons. The Hall–Kier alpha value is -3.22. The fraction of sp³-hybridized carbons (Fsp3) is 0.364. The highest BCUT2D eigenvalue weighted by Gasteiger charge is 2.51. The van der Waals surface area contributed by atoms with Crippen LogP contribution in [0.4, 0.5) is 4.79 Å². The molecule has 2 aromatic carbocycles. The molecule has 7 nitrogen and oxygen atoms in total. The minimum atomic E-state index is -0.542. The molecule has 2 saturated heterocycles. The molecule has 0 aromatic heterocycles. The highest BCUT2D eigenvalue weighted by Crippen LogP contribution is 2.34. The molecule has 150 valence electrons. The number of cyclic esters (lactones) is 1. The Morgan fingerprint density at radius 1 is 0.966 bits per heavy atom. The molecule has 0 saturated carbocycles. The molecular weight excluding hydrogens is 372 g/mol. The third kappa shape index (κ3) is 3.16. The molecule has 0 aliphatic carbocycles. The lowest BCUT2D eigenvalue weighted by molar-refractivity contribution is 0.0375. The third-order valence-corrected chi connectivity index (χ3v) is 5.79. The van der Waals surface area contributed by atoms with Crippen molar-refractivity contribution >= 4 is 12.0 Å².